The molecule has 0 fully saturated rings. The molecule has 0 amide bonds. The van der Waals surface area contributed by atoms with Gasteiger partial charge in [-0.1, -0.05) is 0 Å². The van der Waals surface area contributed by atoms with E-state index in [0.717, 1.165) is 6.07 Å². The molecule has 18 heavy (non-hydrogen) atoms. The van der Waals surface area contributed by atoms with Crippen LogP contribution in [0, 0.1) is 11.3 Å². The molecule has 1 heterocycles. The van der Waals surface area contributed by atoms with Gasteiger partial charge in [0.25, 0.3) is 6.43 Å². The molecule has 0 unspecified atom stereocenters. The van der Waals surface area contributed by atoms with Crippen LogP contribution >= 0.6 is 0 Å². The molecule has 0 aliphatic heterocycles. The summed E-state index contributed by atoms with van der Waals surface area (Å²) in [6.45, 7) is -0.373. The molecule has 3 nitrogen and oxygen atoms in total. The van der Waals surface area contributed by atoms with E-state index in [1.54, 1.807) is 0 Å². The van der Waals surface area contributed by atoms with Crippen molar-refractivity contribution in [3.63, 3.8) is 0 Å². The first kappa shape index (κ1) is 14.3. The maximum atomic E-state index is 12.7. The molecule has 0 aliphatic carbocycles. The number of nitrogens with two attached hydrogens (primary N) is 1. The van der Waals surface area contributed by atoms with Crippen molar-refractivity contribution in [2.75, 3.05) is 0 Å². The van der Waals surface area contributed by atoms with Crippen molar-refractivity contribution in [2.24, 2.45) is 5.73 Å². The van der Waals surface area contributed by atoms with Crippen LogP contribution in [0.2, 0.25) is 0 Å². The maximum Gasteiger partial charge on any atom is 0.433 e. The van der Waals surface area contributed by atoms with Crippen molar-refractivity contribution < 1.29 is 22.0 Å². The average Bonchev–Trinajstić information content (AvgIpc) is 2.27. The van der Waals surface area contributed by atoms with Gasteiger partial charge in [0.15, 0.2) is 0 Å². The second-order valence-corrected chi connectivity index (χ2v) is 3.37. The van der Waals surface area contributed by atoms with Crippen molar-refractivity contribution >= 4 is 0 Å². The van der Waals surface area contributed by atoms with Crippen LogP contribution in [0.1, 0.15) is 28.9 Å². The van der Waals surface area contributed by atoms with Gasteiger partial charge in [-0.25, -0.2) is 13.8 Å². The molecule has 0 aromatic carbocycles. The molecule has 0 bridgehead atoms. The molecule has 0 radical (unpaired) electrons. The van der Waals surface area contributed by atoms with E-state index in [-0.39, 0.29) is 12.1 Å². The highest BCUT2D eigenvalue weighted by atomic mass is 19.4. The highest BCUT2D eigenvalue weighted by Gasteiger charge is 2.37. The van der Waals surface area contributed by atoms with Crippen LogP contribution in [0.5, 0.6) is 0 Å². The lowest BCUT2D eigenvalue weighted by Gasteiger charge is -2.15. The lowest BCUT2D eigenvalue weighted by Crippen LogP contribution is -2.17. The highest BCUT2D eigenvalue weighted by Crippen LogP contribution is 2.34. The largest absolute Gasteiger partial charge is 0.433 e. The Labute approximate surface area is 99.0 Å². The monoisotopic (exact) mass is 265 g/mol. The first-order chi connectivity index (χ1) is 8.31. The van der Waals surface area contributed by atoms with E-state index in [4.69, 9.17) is 11.0 Å². The summed E-state index contributed by atoms with van der Waals surface area (Å²) in [5.74, 6) is 0. The van der Waals surface area contributed by atoms with Crippen molar-refractivity contribution in [1.29, 1.82) is 5.26 Å². The van der Waals surface area contributed by atoms with Crippen LogP contribution in [0.4, 0.5) is 22.0 Å². The smallest absolute Gasteiger partial charge is 0.326 e. The SMILES string of the molecule is N#CCc1c(CN)cc(C(F)F)nc1C(F)(F)F. The molecular weight excluding hydrogens is 257 g/mol. The Morgan fingerprint density at radius 3 is 2.39 bits per heavy atom. The first-order valence-electron chi connectivity index (χ1n) is 4.76. The Morgan fingerprint density at radius 2 is 2.00 bits per heavy atom. The topological polar surface area (TPSA) is 62.7 Å². The number of alkyl halides is 5. The number of nitriles is 1. The molecule has 98 valence electrons. The van der Waals surface area contributed by atoms with E-state index < -0.39 is 36.0 Å². The van der Waals surface area contributed by atoms with Crippen LogP contribution < -0.4 is 5.73 Å². The molecule has 8 heteroatoms. The molecule has 0 saturated heterocycles. The van der Waals surface area contributed by atoms with Gasteiger partial charge in [0.1, 0.15) is 11.4 Å². The summed E-state index contributed by atoms with van der Waals surface area (Å²) >= 11 is 0. The maximum absolute atomic E-state index is 12.7. The molecule has 1 rings (SSSR count). The number of hydrogen-bond acceptors (Lipinski definition) is 3. The van der Waals surface area contributed by atoms with E-state index in [1.807, 2.05) is 0 Å². The fourth-order valence-corrected chi connectivity index (χ4v) is 1.45. The molecule has 1 aromatic heterocycles. The highest BCUT2D eigenvalue weighted by molar-refractivity contribution is 5.36. The van der Waals surface area contributed by atoms with Gasteiger partial charge in [-0.3, -0.25) is 0 Å². The first-order valence-corrected chi connectivity index (χ1v) is 4.76. The lowest BCUT2D eigenvalue weighted by molar-refractivity contribution is -0.142. The van der Waals surface area contributed by atoms with E-state index >= 15 is 0 Å². The van der Waals surface area contributed by atoms with Gasteiger partial charge >= 0.3 is 6.18 Å². The van der Waals surface area contributed by atoms with E-state index in [9.17, 15) is 22.0 Å². The van der Waals surface area contributed by atoms with Gasteiger partial charge in [0.2, 0.25) is 0 Å². The van der Waals surface area contributed by atoms with Crippen LogP contribution in [-0.4, -0.2) is 4.98 Å². The van der Waals surface area contributed by atoms with Gasteiger partial charge in [0.05, 0.1) is 12.5 Å². The van der Waals surface area contributed by atoms with Crippen LogP contribution in [-0.2, 0) is 19.1 Å². The third-order valence-corrected chi connectivity index (χ3v) is 2.20. The number of hydrogen-bond donors (Lipinski definition) is 1. The Balaban J connectivity index is 3.53. The Kier molecular flexibility index (Phi) is 4.19. The van der Waals surface area contributed by atoms with Gasteiger partial charge in [-0.15, -0.1) is 0 Å². The Bertz CT molecular complexity index is 476. The summed E-state index contributed by atoms with van der Waals surface area (Å²) in [6, 6.07) is 2.34. The quantitative estimate of drug-likeness (QED) is 0.854. The molecule has 0 saturated carbocycles. The molecule has 0 atom stereocenters. The number of aromatic nitrogens is 1. The van der Waals surface area contributed by atoms with Crippen molar-refractivity contribution in [3.05, 3.63) is 28.6 Å². The fraction of sp³-hybridized carbons (Fsp3) is 0.400. The second-order valence-electron chi connectivity index (χ2n) is 3.37. The summed E-state index contributed by atoms with van der Waals surface area (Å²) in [7, 11) is 0. The third-order valence-electron chi connectivity index (χ3n) is 2.20. The number of rotatable bonds is 3. The van der Waals surface area contributed by atoms with Crippen molar-refractivity contribution in [2.45, 2.75) is 25.6 Å². The van der Waals surface area contributed by atoms with Crippen LogP contribution in [0.15, 0.2) is 6.07 Å². The predicted molar refractivity (Wildman–Crippen MR) is 51.4 cm³/mol. The summed E-state index contributed by atoms with van der Waals surface area (Å²) < 4.78 is 62.9. The van der Waals surface area contributed by atoms with Crippen LogP contribution in [0.3, 0.4) is 0 Å². The molecule has 1 aromatic rings. The van der Waals surface area contributed by atoms with E-state index in [2.05, 4.69) is 4.98 Å². The Hall–Kier alpha value is -1.75. The molecule has 0 aliphatic rings. The number of halogens is 5. The zero-order valence-electron chi connectivity index (χ0n) is 8.93. The van der Waals surface area contributed by atoms with Crippen molar-refractivity contribution in [1.82, 2.24) is 4.98 Å². The number of pyridine rings is 1. The van der Waals surface area contributed by atoms with Gasteiger partial charge in [-0.2, -0.15) is 18.4 Å². The average molecular weight is 265 g/mol. The van der Waals surface area contributed by atoms with Gasteiger partial charge < -0.3 is 5.73 Å². The third kappa shape index (κ3) is 2.92. The molecule has 0 spiro atoms. The normalized spacial score (nSPS) is 11.7. The summed E-state index contributed by atoms with van der Waals surface area (Å²) in [5, 5.41) is 8.47. The van der Waals surface area contributed by atoms with Gasteiger partial charge in [-0.05, 0) is 11.6 Å². The summed E-state index contributed by atoms with van der Waals surface area (Å²) in [5.41, 5.74) is 2.16. The van der Waals surface area contributed by atoms with E-state index in [1.165, 1.54) is 6.07 Å². The Morgan fingerprint density at radius 1 is 1.39 bits per heavy atom. The lowest BCUT2D eigenvalue weighted by atomic mass is 10.0. The minimum Gasteiger partial charge on any atom is -0.326 e. The minimum absolute atomic E-state index is 0.144. The van der Waals surface area contributed by atoms with Crippen LogP contribution in [0.25, 0.3) is 0 Å². The number of nitrogens with zero attached hydrogens (tertiary/aromatic N) is 2. The zero-order chi connectivity index (χ0) is 13.9. The summed E-state index contributed by atoms with van der Waals surface area (Å²) in [4.78, 5) is 2.89. The predicted octanol–water partition coefficient (Wildman–Crippen LogP) is 2.56. The fourth-order valence-electron chi connectivity index (χ4n) is 1.45. The summed E-state index contributed by atoms with van der Waals surface area (Å²) in [6.07, 6.45) is -8.62. The zero-order valence-corrected chi connectivity index (χ0v) is 8.93. The molecular formula is C10H8F5N3. The molecule has 2 N–H and O–H groups in total. The standard InChI is InChI=1S/C10H8F5N3/c11-9(12)7-3-5(4-17)6(1-2-16)8(18-7)10(13,14)15/h3,9H,1,4,17H2. The minimum atomic E-state index is -4.90. The second kappa shape index (κ2) is 5.27. The van der Waals surface area contributed by atoms with E-state index in [0.29, 0.717) is 0 Å². The van der Waals surface area contributed by atoms with Gasteiger partial charge in [0, 0.05) is 12.1 Å². The van der Waals surface area contributed by atoms with Crippen molar-refractivity contribution in [3.8, 4) is 6.07 Å².